The van der Waals surface area contributed by atoms with Gasteiger partial charge in [0.25, 0.3) is 0 Å². The predicted molar refractivity (Wildman–Crippen MR) is 99.0 cm³/mol. The van der Waals surface area contributed by atoms with Crippen molar-refractivity contribution < 1.29 is 4.74 Å². The highest BCUT2D eigenvalue weighted by Gasteiger charge is 2.15. The molecule has 0 radical (unpaired) electrons. The largest absolute Gasteiger partial charge is 0.497 e. The monoisotopic (exact) mass is 351 g/mol. The molecule has 0 saturated carbocycles. The van der Waals surface area contributed by atoms with Crippen LogP contribution >= 0.6 is 11.6 Å². The summed E-state index contributed by atoms with van der Waals surface area (Å²) in [5.74, 6) is 0.832. The highest BCUT2D eigenvalue weighted by atomic mass is 35.5. The van der Waals surface area contributed by atoms with Crippen LogP contribution in [0.2, 0.25) is 5.02 Å². The van der Waals surface area contributed by atoms with Crippen molar-refractivity contribution in [2.45, 2.75) is 20.4 Å². The fraction of sp³-hybridized carbons (Fsp3) is 0.200. The average molecular weight is 352 g/mol. The Morgan fingerprint density at radius 2 is 2.00 bits per heavy atom. The van der Waals surface area contributed by atoms with Crippen molar-refractivity contribution in [2.24, 2.45) is 0 Å². The van der Waals surface area contributed by atoms with Crippen LogP contribution in [0, 0.1) is 25.2 Å². The van der Waals surface area contributed by atoms with Crippen LogP contribution in [0.5, 0.6) is 5.75 Å². The number of aromatic nitrogens is 2. The predicted octanol–water partition coefficient (Wildman–Crippen LogP) is 4.75. The van der Waals surface area contributed by atoms with E-state index < -0.39 is 0 Å². The fourth-order valence-electron chi connectivity index (χ4n) is 2.97. The average Bonchev–Trinajstić information content (AvgIpc) is 2.88. The maximum atomic E-state index is 9.04. The minimum absolute atomic E-state index is 0.458. The highest BCUT2D eigenvalue weighted by Crippen LogP contribution is 2.30. The molecule has 25 heavy (non-hydrogen) atoms. The van der Waals surface area contributed by atoms with Crippen molar-refractivity contribution in [1.82, 2.24) is 9.78 Å². The zero-order valence-electron chi connectivity index (χ0n) is 14.4. The Bertz CT molecular complexity index is 970. The number of hydrogen-bond acceptors (Lipinski definition) is 3. The zero-order valence-corrected chi connectivity index (χ0v) is 15.1. The molecule has 1 aromatic heterocycles. The minimum atomic E-state index is 0.458. The zero-order chi connectivity index (χ0) is 18.0. The number of halogens is 1. The lowest BCUT2D eigenvalue weighted by Crippen LogP contribution is -2.04. The summed E-state index contributed by atoms with van der Waals surface area (Å²) in [6, 6.07) is 15.5. The van der Waals surface area contributed by atoms with Crippen molar-refractivity contribution in [3.05, 3.63) is 70.0 Å². The van der Waals surface area contributed by atoms with Gasteiger partial charge in [-0.1, -0.05) is 29.8 Å². The van der Waals surface area contributed by atoms with Gasteiger partial charge in [-0.15, -0.1) is 0 Å². The topological polar surface area (TPSA) is 50.8 Å². The Labute approximate surface area is 152 Å². The first-order chi connectivity index (χ1) is 12.0. The number of hydrogen-bond donors (Lipinski definition) is 0. The molecule has 0 fully saturated rings. The third kappa shape index (κ3) is 3.38. The molecule has 3 rings (SSSR count). The molecule has 4 nitrogen and oxygen atoms in total. The third-order valence-corrected chi connectivity index (χ3v) is 4.54. The van der Waals surface area contributed by atoms with Crippen LogP contribution in [0.3, 0.4) is 0 Å². The van der Waals surface area contributed by atoms with Gasteiger partial charge in [-0.3, -0.25) is 4.68 Å². The Hall–Kier alpha value is -2.77. The van der Waals surface area contributed by atoms with Crippen molar-refractivity contribution in [1.29, 1.82) is 5.26 Å². The van der Waals surface area contributed by atoms with E-state index in [1.165, 1.54) is 0 Å². The van der Waals surface area contributed by atoms with Crippen LogP contribution in [0.15, 0.2) is 42.5 Å². The van der Waals surface area contributed by atoms with E-state index in [2.05, 4.69) is 17.2 Å². The quantitative estimate of drug-likeness (QED) is 0.681. The Morgan fingerprint density at radius 3 is 2.68 bits per heavy atom. The number of rotatable bonds is 4. The summed E-state index contributed by atoms with van der Waals surface area (Å²) < 4.78 is 7.26. The van der Waals surface area contributed by atoms with Crippen molar-refractivity contribution in [3.8, 4) is 22.9 Å². The van der Waals surface area contributed by atoms with Gasteiger partial charge in [0.2, 0.25) is 0 Å². The second-order valence-corrected chi connectivity index (χ2v) is 6.27. The summed E-state index contributed by atoms with van der Waals surface area (Å²) in [5.41, 5.74) is 5.60. The number of aryl methyl sites for hydroxylation is 1. The van der Waals surface area contributed by atoms with Gasteiger partial charge in [0.15, 0.2) is 0 Å². The van der Waals surface area contributed by atoms with Gasteiger partial charge in [-0.25, -0.2) is 0 Å². The van der Waals surface area contributed by atoms with E-state index in [1.54, 1.807) is 13.2 Å². The number of methoxy groups -OCH3 is 1. The van der Waals surface area contributed by atoms with Gasteiger partial charge < -0.3 is 4.74 Å². The van der Waals surface area contributed by atoms with E-state index in [-0.39, 0.29) is 0 Å². The Balaban J connectivity index is 1.98. The Morgan fingerprint density at radius 1 is 1.20 bits per heavy atom. The molecule has 126 valence electrons. The van der Waals surface area contributed by atoms with Crippen LogP contribution < -0.4 is 4.74 Å². The lowest BCUT2D eigenvalue weighted by Gasteiger charge is -2.08. The summed E-state index contributed by atoms with van der Waals surface area (Å²) >= 11 is 6.19. The normalized spacial score (nSPS) is 10.5. The number of ether oxygens (including phenoxy) is 1. The molecule has 0 saturated heterocycles. The van der Waals surface area contributed by atoms with Gasteiger partial charge in [-0.05, 0) is 49.2 Å². The lowest BCUT2D eigenvalue weighted by atomic mass is 10.0. The van der Waals surface area contributed by atoms with E-state index >= 15 is 0 Å². The molecule has 0 aliphatic heterocycles. The van der Waals surface area contributed by atoms with E-state index in [0.717, 1.165) is 33.8 Å². The maximum Gasteiger partial charge on any atom is 0.119 e. The van der Waals surface area contributed by atoms with E-state index in [1.807, 2.05) is 48.9 Å². The maximum absolute atomic E-state index is 9.04. The summed E-state index contributed by atoms with van der Waals surface area (Å²) in [7, 11) is 1.66. The molecule has 0 aliphatic rings. The standard InChI is InChI=1S/C20H18ClN3O/c1-13-20(16-7-8-17(11-22)19(21)10-16)14(2)24(23-13)12-15-5-4-6-18(9-15)25-3/h4-10H,12H2,1-3H3. The molecule has 0 unspecified atom stereocenters. The van der Waals surface area contributed by atoms with Crippen LogP contribution in [-0.4, -0.2) is 16.9 Å². The SMILES string of the molecule is COc1cccc(Cn2nc(C)c(-c3ccc(C#N)c(Cl)c3)c2C)c1. The summed E-state index contributed by atoms with van der Waals surface area (Å²) in [5, 5.41) is 14.2. The van der Waals surface area contributed by atoms with Crippen LogP contribution in [-0.2, 0) is 6.54 Å². The molecular weight excluding hydrogens is 334 g/mol. The van der Waals surface area contributed by atoms with Crippen LogP contribution in [0.4, 0.5) is 0 Å². The second kappa shape index (κ2) is 7.00. The molecule has 0 N–H and O–H groups in total. The molecule has 3 aromatic rings. The van der Waals surface area contributed by atoms with Gasteiger partial charge in [0.1, 0.15) is 11.8 Å². The number of nitriles is 1. The summed E-state index contributed by atoms with van der Waals surface area (Å²) in [6.07, 6.45) is 0. The minimum Gasteiger partial charge on any atom is -0.497 e. The van der Waals surface area contributed by atoms with Gasteiger partial charge >= 0.3 is 0 Å². The van der Waals surface area contributed by atoms with E-state index in [9.17, 15) is 0 Å². The fourth-order valence-corrected chi connectivity index (χ4v) is 3.20. The molecule has 0 bridgehead atoms. The molecule has 0 aliphatic carbocycles. The highest BCUT2D eigenvalue weighted by molar-refractivity contribution is 6.32. The molecular formula is C20H18ClN3O. The first-order valence-corrected chi connectivity index (χ1v) is 8.28. The smallest absolute Gasteiger partial charge is 0.119 e. The first kappa shape index (κ1) is 17.1. The summed E-state index contributed by atoms with van der Waals surface area (Å²) in [6.45, 7) is 4.69. The molecule has 0 spiro atoms. The Kier molecular flexibility index (Phi) is 4.78. The molecule has 0 amide bonds. The first-order valence-electron chi connectivity index (χ1n) is 7.90. The molecule has 5 heteroatoms. The van der Waals surface area contributed by atoms with Gasteiger partial charge in [0, 0.05) is 11.3 Å². The number of benzene rings is 2. The van der Waals surface area contributed by atoms with Gasteiger partial charge in [-0.2, -0.15) is 10.4 Å². The van der Waals surface area contributed by atoms with Crippen LogP contribution in [0.1, 0.15) is 22.5 Å². The number of nitrogens with zero attached hydrogens (tertiary/aromatic N) is 3. The lowest BCUT2D eigenvalue weighted by molar-refractivity contribution is 0.414. The van der Waals surface area contributed by atoms with E-state index in [4.69, 9.17) is 21.6 Å². The van der Waals surface area contributed by atoms with E-state index in [0.29, 0.717) is 17.1 Å². The summed E-state index contributed by atoms with van der Waals surface area (Å²) in [4.78, 5) is 0. The van der Waals surface area contributed by atoms with Crippen molar-refractivity contribution in [3.63, 3.8) is 0 Å². The second-order valence-electron chi connectivity index (χ2n) is 5.86. The molecule has 2 aromatic carbocycles. The van der Waals surface area contributed by atoms with Crippen LogP contribution in [0.25, 0.3) is 11.1 Å². The molecule has 0 atom stereocenters. The van der Waals surface area contributed by atoms with Crippen molar-refractivity contribution in [2.75, 3.05) is 7.11 Å². The molecule has 1 heterocycles. The third-order valence-electron chi connectivity index (χ3n) is 4.23. The van der Waals surface area contributed by atoms with Gasteiger partial charge in [0.05, 0.1) is 29.9 Å². The van der Waals surface area contributed by atoms with Crippen molar-refractivity contribution >= 4 is 11.6 Å².